The zero-order valence-electron chi connectivity index (χ0n) is 16.0. The zero-order valence-corrected chi connectivity index (χ0v) is 16.0. The predicted octanol–water partition coefficient (Wildman–Crippen LogP) is 6.16. The molecule has 3 aromatic carbocycles. The van der Waals surface area contributed by atoms with E-state index >= 15 is 0 Å². The molecule has 0 aliphatic rings. The Bertz CT molecular complexity index is 1350. The van der Waals surface area contributed by atoms with Crippen LogP contribution >= 0.6 is 0 Å². The molecule has 0 radical (unpaired) electrons. The van der Waals surface area contributed by atoms with E-state index in [1.54, 1.807) is 12.1 Å². The number of alkyl halides is 3. The first-order valence-corrected chi connectivity index (χ1v) is 9.20. The standard InChI is InChI=1S/C23H13F5N2O2/c24-14-5-8-15(18(25)11-14)16-7-4-13(23(26,27)28)10-19(16)30-22(32)17-6-3-12-2-1-9-29-20(12)21(17)31/h1-11,31H,(H,30,32). The van der Waals surface area contributed by atoms with E-state index in [-0.39, 0.29) is 27.9 Å². The van der Waals surface area contributed by atoms with Crippen LogP contribution in [0, 0.1) is 11.6 Å². The van der Waals surface area contributed by atoms with E-state index in [1.165, 1.54) is 18.3 Å². The highest BCUT2D eigenvalue weighted by Crippen LogP contribution is 2.37. The van der Waals surface area contributed by atoms with E-state index in [9.17, 15) is 31.9 Å². The van der Waals surface area contributed by atoms with Gasteiger partial charge in [0.25, 0.3) is 5.91 Å². The van der Waals surface area contributed by atoms with E-state index in [0.29, 0.717) is 17.5 Å². The molecule has 0 saturated carbocycles. The van der Waals surface area contributed by atoms with Gasteiger partial charge < -0.3 is 10.4 Å². The average Bonchev–Trinajstić information content (AvgIpc) is 2.74. The molecule has 32 heavy (non-hydrogen) atoms. The van der Waals surface area contributed by atoms with Gasteiger partial charge >= 0.3 is 6.18 Å². The zero-order chi connectivity index (χ0) is 23.0. The summed E-state index contributed by atoms with van der Waals surface area (Å²) in [5.41, 5.74) is -1.85. The highest BCUT2D eigenvalue weighted by atomic mass is 19.4. The third-order valence-electron chi connectivity index (χ3n) is 4.81. The minimum atomic E-state index is -4.73. The van der Waals surface area contributed by atoms with Crippen molar-refractivity contribution in [2.75, 3.05) is 5.32 Å². The highest BCUT2D eigenvalue weighted by molar-refractivity contribution is 6.10. The average molecular weight is 444 g/mol. The first-order valence-electron chi connectivity index (χ1n) is 9.20. The normalized spacial score (nSPS) is 11.5. The van der Waals surface area contributed by atoms with Crippen molar-refractivity contribution in [3.63, 3.8) is 0 Å². The number of phenols is 1. The van der Waals surface area contributed by atoms with E-state index < -0.39 is 35.0 Å². The fourth-order valence-corrected chi connectivity index (χ4v) is 3.27. The van der Waals surface area contributed by atoms with Gasteiger partial charge in [0, 0.05) is 34.5 Å². The number of phenolic OH excluding ortho intramolecular Hbond substituents is 1. The lowest BCUT2D eigenvalue weighted by Crippen LogP contribution is -2.14. The molecule has 9 heteroatoms. The molecule has 0 atom stereocenters. The second kappa shape index (κ2) is 7.92. The number of aromatic nitrogens is 1. The molecule has 1 heterocycles. The van der Waals surface area contributed by atoms with Gasteiger partial charge in [-0.05, 0) is 36.4 Å². The molecule has 2 N–H and O–H groups in total. The van der Waals surface area contributed by atoms with Crippen molar-refractivity contribution in [1.29, 1.82) is 0 Å². The van der Waals surface area contributed by atoms with Gasteiger partial charge in [-0.25, -0.2) is 8.78 Å². The van der Waals surface area contributed by atoms with E-state index in [1.807, 2.05) is 0 Å². The van der Waals surface area contributed by atoms with E-state index in [4.69, 9.17) is 0 Å². The monoisotopic (exact) mass is 444 g/mol. The Morgan fingerprint density at radius 3 is 2.41 bits per heavy atom. The number of anilines is 1. The molecule has 1 aromatic heterocycles. The van der Waals surface area contributed by atoms with Crippen molar-refractivity contribution in [2.45, 2.75) is 6.18 Å². The van der Waals surface area contributed by atoms with Crippen molar-refractivity contribution < 1.29 is 31.9 Å². The second-order valence-electron chi connectivity index (χ2n) is 6.87. The fourth-order valence-electron chi connectivity index (χ4n) is 3.27. The molecule has 1 amide bonds. The summed E-state index contributed by atoms with van der Waals surface area (Å²) in [5, 5.41) is 13.3. The summed E-state index contributed by atoms with van der Waals surface area (Å²) in [6.07, 6.45) is -3.32. The van der Waals surface area contributed by atoms with Crippen LogP contribution in [0.1, 0.15) is 15.9 Å². The molecule has 162 valence electrons. The predicted molar refractivity (Wildman–Crippen MR) is 108 cm³/mol. The lowest BCUT2D eigenvalue weighted by Gasteiger charge is -2.16. The molecule has 0 aliphatic carbocycles. The van der Waals surface area contributed by atoms with Crippen LogP contribution in [0.25, 0.3) is 22.0 Å². The summed E-state index contributed by atoms with van der Waals surface area (Å²) in [6, 6.07) is 11.0. The number of amides is 1. The summed E-state index contributed by atoms with van der Waals surface area (Å²) in [5.74, 6) is -3.27. The number of nitrogens with one attached hydrogen (secondary N) is 1. The second-order valence-corrected chi connectivity index (χ2v) is 6.87. The van der Waals surface area contributed by atoms with Crippen LogP contribution in [0.5, 0.6) is 5.75 Å². The van der Waals surface area contributed by atoms with Crippen LogP contribution in [0.2, 0.25) is 0 Å². The first-order chi connectivity index (χ1) is 15.1. The molecule has 4 rings (SSSR count). The number of rotatable bonds is 3. The van der Waals surface area contributed by atoms with Crippen molar-refractivity contribution in [2.24, 2.45) is 0 Å². The van der Waals surface area contributed by atoms with E-state index in [2.05, 4.69) is 10.3 Å². The van der Waals surface area contributed by atoms with E-state index in [0.717, 1.165) is 24.3 Å². The number of pyridine rings is 1. The van der Waals surface area contributed by atoms with Crippen molar-refractivity contribution in [1.82, 2.24) is 4.98 Å². The summed E-state index contributed by atoms with van der Waals surface area (Å²) < 4.78 is 67.4. The Labute approximate surface area is 178 Å². The number of carbonyl (C=O) groups is 1. The quantitative estimate of drug-likeness (QED) is 0.372. The molecule has 0 bridgehead atoms. The fraction of sp³-hybridized carbons (Fsp3) is 0.0435. The maximum Gasteiger partial charge on any atom is 0.416 e. The Balaban J connectivity index is 1.81. The third-order valence-corrected chi connectivity index (χ3v) is 4.81. The molecule has 0 spiro atoms. The van der Waals surface area contributed by atoms with Crippen molar-refractivity contribution in [3.05, 3.63) is 89.6 Å². The number of nitrogens with zero attached hydrogens (tertiary/aromatic N) is 1. The van der Waals surface area contributed by atoms with Crippen LogP contribution in [0.15, 0.2) is 66.9 Å². The van der Waals surface area contributed by atoms with Gasteiger partial charge in [0.05, 0.1) is 11.1 Å². The Kier molecular flexibility index (Phi) is 5.25. The van der Waals surface area contributed by atoms with Crippen LogP contribution in [0.3, 0.4) is 0 Å². The number of carbonyl (C=O) groups excluding carboxylic acids is 1. The lowest BCUT2D eigenvalue weighted by molar-refractivity contribution is -0.137. The van der Waals surface area contributed by atoms with Gasteiger partial charge in [0.2, 0.25) is 0 Å². The van der Waals surface area contributed by atoms with Gasteiger partial charge in [-0.3, -0.25) is 9.78 Å². The maximum absolute atomic E-state index is 14.3. The number of hydrogen-bond acceptors (Lipinski definition) is 3. The summed E-state index contributed by atoms with van der Waals surface area (Å²) in [7, 11) is 0. The van der Waals surface area contributed by atoms with Crippen LogP contribution in [-0.2, 0) is 6.18 Å². The lowest BCUT2D eigenvalue weighted by atomic mass is 10.00. The molecule has 4 aromatic rings. The summed E-state index contributed by atoms with van der Waals surface area (Å²) in [4.78, 5) is 16.8. The Morgan fingerprint density at radius 1 is 0.938 bits per heavy atom. The summed E-state index contributed by atoms with van der Waals surface area (Å²) in [6.45, 7) is 0. The van der Waals surface area contributed by atoms with Crippen molar-refractivity contribution in [3.8, 4) is 16.9 Å². The summed E-state index contributed by atoms with van der Waals surface area (Å²) >= 11 is 0. The molecule has 0 fully saturated rings. The number of fused-ring (bicyclic) bond motifs is 1. The molecule has 0 saturated heterocycles. The van der Waals surface area contributed by atoms with Gasteiger partial charge in [-0.1, -0.05) is 18.2 Å². The molecule has 4 nitrogen and oxygen atoms in total. The van der Waals surface area contributed by atoms with Gasteiger partial charge in [0.15, 0.2) is 5.75 Å². The number of halogens is 5. The van der Waals surface area contributed by atoms with Crippen molar-refractivity contribution >= 4 is 22.5 Å². The Hall–Kier alpha value is -4.01. The first kappa shape index (κ1) is 21.2. The van der Waals surface area contributed by atoms with Gasteiger partial charge in [-0.2, -0.15) is 13.2 Å². The maximum atomic E-state index is 14.3. The number of benzene rings is 3. The molecular formula is C23H13F5N2O2. The van der Waals surface area contributed by atoms with Crippen LogP contribution in [-0.4, -0.2) is 16.0 Å². The third kappa shape index (κ3) is 3.96. The topological polar surface area (TPSA) is 62.2 Å². The minimum Gasteiger partial charge on any atom is -0.505 e. The number of hydrogen-bond donors (Lipinski definition) is 2. The molecule has 0 unspecified atom stereocenters. The Morgan fingerprint density at radius 2 is 1.69 bits per heavy atom. The van der Waals surface area contributed by atoms with Gasteiger partial charge in [0.1, 0.15) is 17.2 Å². The van der Waals surface area contributed by atoms with Crippen LogP contribution < -0.4 is 5.32 Å². The van der Waals surface area contributed by atoms with Gasteiger partial charge in [-0.15, -0.1) is 0 Å². The largest absolute Gasteiger partial charge is 0.505 e. The highest BCUT2D eigenvalue weighted by Gasteiger charge is 2.31. The molecular weight excluding hydrogens is 431 g/mol. The molecule has 0 aliphatic heterocycles. The van der Waals surface area contributed by atoms with Crippen LogP contribution in [0.4, 0.5) is 27.6 Å². The smallest absolute Gasteiger partial charge is 0.416 e. The number of aromatic hydroxyl groups is 1. The SMILES string of the molecule is O=C(Nc1cc(C(F)(F)F)ccc1-c1ccc(F)cc1F)c1ccc2cccnc2c1O. The minimum absolute atomic E-state index is 0.0951.